The van der Waals surface area contributed by atoms with Crippen LogP contribution in [-0.4, -0.2) is 61.4 Å². The van der Waals surface area contributed by atoms with Gasteiger partial charge in [-0.15, -0.1) is 11.8 Å². The number of amides is 1. The number of anilines is 1. The molecule has 0 aliphatic carbocycles. The topological polar surface area (TPSA) is 79.5 Å². The summed E-state index contributed by atoms with van der Waals surface area (Å²) in [6, 6.07) is 47.7. The van der Waals surface area contributed by atoms with Crippen molar-refractivity contribution in [1.29, 1.82) is 0 Å². The predicted molar refractivity (Wildman–Crippen MR) is 214 cm³/mol. The van der Waals surface area contributed by atoms with Crippen LogP contribution in [-0.2, 0) is 14.3 Å². The van der Waals surface area contributed by atoms with E-state index in [1.807, 2.05) is 66.5 Å². The highest BCUT2D eigenvalue weighted by molar-refractivity contribution is 8.01. The number of ether oxygens (including phenoxy) is 1. The van der Waals surface area contributed by atoms with Crippen molar-refractivity contribution in [2.24, 2.45) is 0 Å². The molecule has 8 heteroatoms. The number of carbonyl (C=O) groups excluding carboxylic acids is 2. The molecule has 51 heavy (non-hydrogen) atoms. The Bertz CT molecular complexity index is 1760. The lowest BCUT2D eigenvalue weighted by atomic mass is 9.84. The first kappa shape index (κ1) is 36.3. The zero-order valence-electron chi connectivity index (χ0n) is 29.1. The van der Waals surface area contributed by atoms with Gasteiger partial charge in [0.1, 0.15) is 6.04 Å². The van der Waals surface area contributed by atoms with Crippen LogP contribution in [0.15, 0.2) is 140 Å². The molecule has 1 fully saturated rings. The van der Waals surface area contributed by atoms with Gasteiger partial charge in [0.25, 0.3) is 5.91 Å². The number of nitrogens with one attached hydrogen (secondary N) is 3. The Hall–Kier alpha value is -4.50. The lowest BCUT2D eigenvalue weighted by Crippen LogP contribution is -2.42. The molecule has 0 unspecified atom stereocenters. The molecule has 0 radical (unpaired) electrons. The number of rotatable bonds is 15. The van der Waals surface area contributed by atoms with E-state index >= 15 is 0 Å². The number of carbonyl (C=O) groups is 2. The van der Waals surface area contributed by atoms with Crippen LogP contribution in [0.25, 0.3) is 11.1 Å². The molecular formula is C43H45N3O3S2. The standard InChI is InChI=1S/C43H45N3O3S2/c1-49-42(48)38(26-28-50-2)46-41(47)37-29-35(23-24-36(37)31-15-7-3-8-16-31)45-30-39-40(25-27-44-39)51-43(32-17-9-4-10-18-32,33-19-11-5-12-20-33)34-21-13-6-14-22-34/h3-24,29,38-40,44-45H,25-28,30H2,1-2H3,(H,46,47)/t38-,39+,40-/m0/s1. The number of hydrogen-bond donors (Lipinski definition) is 3. The van der Waals surface area contributed by atoms with E-state index in [1.165, 1.54) is 23.8 Å². The van der Waals surface area contributed by atoms with Gasteiger partial charge in [0.15, 0.2) is 0 Å². The molecule has 1 saturated heterocycles. The summed E-state index contributed by atoms with van der Waals surface area (Å²) >= 11 is 3.64. The smallest absolute Gasteiger partial charge is 0.328 e. The molecule has 0 aromatic heterocycles. The van der Waals surface area contributed by atoms with Gasteiger partial charge in [-0.3, -0.25) is 4.79 Å². The van der Waals surface area contributed by atoms with Crippen LogP contribution in [0, 0.1) is 0 Å². The van der Waals surface area contributed by atoms with Crippen molar-refractivity contribution in [2.45, 2.75) is 34.9 Å². The van der Waals surface area contributed by atoms with Crippen LogP contribution in [0.4, 0.5) is 5.69 Å². The second-order valence-corrected chi connectivity index (χ2v) is 15.1. The first-order valence-electron chi connectivity index (χ1n) is 17.4. The van der Waals surface area contributed by atoms with Crippen molar-refractivity contribution in [3.8, 4) is 11.1 Å². The van der Waals surface area contributed by atoms with Crippen LogP contribution in [0.5, 0.6) is 0 Å². The molecule has 262 valence electrons. The minimum atomic E-state index is -0.727. The van der Waals surface area contributed by atoms with Gasteiger partial charge in [0.05, 0.1) is 11.9 Å². The maximum atomic E-state index is 13.9. The summed E-state index contributed by atoms with van der Waals surface area (Å²) in [4.78, 5) is 26.5. The van der Waals surface area contributed by atoms with Crippen molar-refractivity contribution >= 4 is 41.1 Å². The molecule has 0 spiro atoms. The highest BCUT2D eigenvalue weighted by Gasteiger charge is 2.42. The fourth-order valence-electron chi connectivity index (χ4n) is 6.84. The Balaban J connectivity index is 1.28. The number of hydrogen-bond acceptors (Lipinski definition) is 7. The zero-order valence-corrected chi connectivity index (χ0v) is 30.7. The minimum absolute atomic E-state index is 0.173. The normalized spacial score (nSPS) is 16.3. The molecule has 1 amide bonds. The summed E-state index contributed by atoms with van der Waals surface area (Å²) in [6.45, 7) is 1.60. The van der Waals surface area contributed by atoms with Gasteiger partial charge < -0.3 is 20.7 Å². The number of esters is 1. The molecule has 1 aliphatic heterocycles. The van der Waals surface area contributed by atoms with E-state index in [9.17, 15) is 9.59 Å². The molecule has 3 atom stereocenters. The molecule has 0 bridgehead atoms. The number of methoxy groups -OCH3 is 1. The lowest BCUT2D eigenvalue weighted by Gasteiger charge is -2.38. The van der Waals surface area contributed by atoms with Crippen LogP contribution in [0.3, 0.4) is 0 Å². The quantitative estimate of drug-likeness (QED) is 0.0745. The van der Waals surface area contributed by atoms with E-state index in [2.05, 4.69) is 107 Å². The average Bonchev–Trinajstić information content (AvgIpc) is 3.65. The maximum Gasteiger partial charge on any atom is 0.328 e. The lowest BCUT2D eigenvalue weighted by molar-refractivity contribution is -0.142. The fourth-order valence-corrected chi connectivity index (χ4v) is 9.17. The second-order valence-electron chi connectivity index (χ2n) is 12.6. The Labute approximate surface area is 310 Å². The molecule has 5 aromatic carbocycles. The highest BCUT2D eigenvalue weighted by atomic mass is 32.2. The summed E-state index contributed by atoms with van der Waals surface area (Å²) in [6.07, 6.45) is 3.49. The number of benzene rings is 5. The molecule has 6 rings (SSSR count). The highest BCUT2D eigenvalue weighted by Crippen LogP contribution is 2.51. The molecule has 1 aliphatic rings. The van der Waals surface area contributed by atoms with Crippen molar-refractivity contribution in [2.75, 3.05) is 37.5 Å². The van der Waals surface area contributed by atoms with Gasteiger partial charge in [-0.2, -0.15) is 11.8 Å². The molecule has 0 saturated carbocycles. The van der Waals surface area contributed by atoms with Crippen molar-refractivity contribution in [1.82, 2.24) is 10.6 Å². The summed E-state index contributed by atoms with van der Waals surface area (Å²) in [5.41, 5.74) is 6.84. The van der Waals surface area contributed by atoms with Gasteiger partial charge in [-0.1, -0.05) is 127 Å². The molecule has 1 heterocycles. The van der Waals surface area contributed by atoms with E-state index in [0.29, 0.717) is 23.8 Å². The van der Waals surface area contributed by atoms with Gasteiger partial charge >= 0.3 is 5.97 Å². The van der Waals surface area contributed by atoms with Gasteiger partial charge in [-0.05, 0) is 71.3 Å². The van der Waals surface area contributed by atoms with Crippen LogP contribution in [0.1, 0.15) is 39.9 Å². The van der Waals surface area contributed by atoms with E-state index < -0.39 is 16.8 Å². The van der Waals surface area contributed by atoms with Crippen molar-refractivity contribution in [3.63, 3.8) is 0 Å². The molecule has 5 aromatic rings. The first-order chi connectivity index (χ1) is 25.0. The van der Waals surface area contributed by atoms with Crippen LogP contribution < -0.4 is 16.0 Å². The van der Waals surface area contributed by atoms with Crippen LogP contribution in [0.2, 0.25) is 0 Å². The van der Waals surface area contributed by atoms with E-state index in [-0.39, 0.29) is 11.9 Å². The SMILES string of the molecule is COC(=O)[C@H](CCSC)NC(=O)c1cc(NC[C@H]2NCC[C@@H]2SC(c2ccccc2)(c2ccccc2)c2ccccc2)ccc1-c1ccccc1. The summed E-state index contributed by atoms with van der Waals surface area (Å²) in [5, 5.41) is 10.7. The first-order valence-corrected chi connectivity index (χ1v) is 19.7. The number of thioether (sulfide) groups is 2. The molecular weight excluding hydrogens is 671 g/mol. The van der Waals surface area contributed by atoms with Gasteiger partial charge in [-0.25, -0.2) is 4.79 Å². The van der Waals surface area contributed by atoms with E-state index in [4.69, 9.17) is 4.74 Å². The van der Waals surface area contributed by atoms with Gasteiger partial charge in [0, 0.05) is 29.1 Å². The van der Waals surface area contributed by atoms with Crippen molar-refractivity contribution in [3.05, 3.63) is 162 Å². The minimum Gasteiger partial charge on any atom is -0.467 e. The predicted octanol–water partition coefficient (Wildman–Crippen LogP) is 8.25. The Kier molecular flexibility index (Phi) is 12.5. The largest absolute Gasteiger partial charge is 0.467 e. The van der Waals surface area contributed by atoms with Crippen molar-refractivity contribution < 1.29 is 14.3 Å². The average molecular weight is 716 g/mol. The third-order valence-electron chi connectivity index (χ3n) is 9.43. The summed E-state index contributed by atoms with van der Waals surface area (Å²) in [5.74, 6) is -0.0258. The zero-order chi connectivity index (χ0) is 35.5. The Morgan fingerprint density at radius 2 is 1.39 bits per heavy atom. The summed E-state index contributed by atoms with van der Waals surface area (Å²) < 4.78 is 4.62. The van der Waals surface area contributed by atoms with E-state index in [1.54, 1.807) is 11.8 Å². The Morgan fingerprint density at radius 3 is 1.94 bits per heavy atom. The Morgan fingerprint density at radius 1 is 0.824 bits per heavy atom. The van der Waals surface area contributed by atoms with E-state index in [0.717, 1.165) is 35.5 Å². The molecule has 3 N–H and O–H groups in total. The van der Waals surface area contributed by atoms with Gasteiger partial charge in [0.2, 0.25) is 0 Å². The summed E-state index contributed by atoms with van der Waals surface area (Å²) in [7, 11) is 1.35. The molecule has 6 nitrogen and oxygen atoms in total. The maximum absolute atomic E-state index is 13.9. The third-order valence-corrected chi connectivity index (χ3v) is 12.0. The second kappa shape index (κ2) is 17.6. The van der Waals surface area contributed by atoms with Crippen LogP contribution >= 0.6 is 23.5 Å². The fraction of sp³-hybridized carbons (Fsp3) is 0.256. The monoisotopic (exact) mass is 715 g/mol. The third kappa shape index (κ3) is 8.52.